The molecule has 1 atom stereocenters. The summed E-state index contributed by atoms with van der Waals surface area (Å²) < 4.78 is 12.4. The van der Waals surface area contributed by atoms with Gasteiger partial charge in [0, 0.05) is 16.7 Å². The van der Waals surface area contributed by atoms with Crippen LogP contribution in [0.4, 0.5) is 5.69 Å². The van der Waals surface area contributed by atoms with Crippen molar-refractivity contribution in [3.8, 4) is 23.0 Å². The van der Waals surface area contributed by atoms with E-state index in [2.05, 4.69) is 28.8 Å². The van der Waals surface area contributed by atoms with E-state index in [9.17, 15) is 0 Å². The summed E-state index contributed by atoms with van der Waals surface area (Å²) in [4.78, 5) is 0.689. The maximum atomic E-state index is 6.22. The van der Waals surface area contributed by atoms with E-state index in [1.165, 1.54) is 0 Å². The first-order valence-electron chi connectivity index (χ1n) is 10.6. The highest BCUT2D eigenvalue weighted by Gasteiger charge is 2.31. The number of benzene rings is 4. The molecule has 0 saturated carbocycles. The van der Waals surface area contributed by atoms with Gasteiger partial charge < -0.3 is 20.1 Å². The third-order valence-electron chi connectivity index (χ3n) is 5.87. The highest BCUT2D eigenvalue weighted by Crippen LogP contribution is 2.44. The Balaban J connectivity index is 1.40. The van der Waals surface area contributed by atoms with Crippen LogP contribution in [0.25, 0.3) is 0 Å². The monoisotopic (exact) mass is 436 g/mol. The van der Waals surface area contributed by atoms with E-state index in [4.69, 9.17) is 21.7 Å². The second-order valence-corrected chi connectivity index (χ2v) is 8.27. The zero-order valence-electron chi connectivity index (χ0n) is 17.1. The van der Waals surface area contributed by atoms with Gasteiger partial charge in [0.05, 0.1) is 11.7 Å². The van der Waals surface area contributed by atoms with Crippen molar-refractivity contribution in [1.82, 2.24) is 5.32 Å². The standard InChI is InChI=1S/C27H20N2O2S/c32-27(26-19-11-3-7-15-23(19)31-24-16-8-4-12-20(24)28-26)29-25-17-9-1-5-13-21(17)30-22-14-6-2-10-18(22)25/h1-16,25-26,28H,(H,29,32). The van der Waals surface area contributed by atoms with E-state index in [0.29, 0.717) is 4.99 Å². The van der Waals surface area contributed by atoms with Gasteiger partial charge in [-0.2, -0.15) is 0 Å². The topological polar surface area (TPSA) is 42.5 Å². The Kier molecular flexibility index (Phi) is 4.55. The quantitative estimate of drug-likeness (QED) is 0.340. The molecule has 0 fully saturated rings. The third kappa shape index (κ3) is 3.18. The minimum absolute atomic E-state index is 0.114. The molecule has 6 rings (SSSR count). The maximum Gasteiger partial charge on any atom is 0.150 e. The summed E-state index contributed by atoms with van der Waals surface area (Å²) in [6, 6.07) is 31.8. The number of hydrogen-bond donors (Lipinski definition) is 2. The van der Waals surface area contributed by atoms with Crippen molar-refractivity contribution in [1.29, 1.82) is 0 Å². The lowest BCUT2D eigenvalue weighted by Crippen LogP contribution is -2.36. The van der Waals surface area contributed by atoms with Crippen molar-refractivity contribution in [2.24, 2.45) is 0 Å². The van der Waals surface area contributed by atoms with Gasteiger partial charge in [-0.1, -0.05) is 78.9 Å². The molecule has 0 spiro atoms. The van der Waals surface area contributed by atoms with Crippen LogP contribution in [-0.2, 0) is 0 Å². The van der Waals surface area contributed by atoms with Crippen LogP contribution in [0.1, 0.15) is 28.8 Å². The molecule has 0 bridgehead atoms. The van der Waals surface area contributed by atoms with E-state index in [1.807, 2.05) is 78.9 Å². The summed E-state index contributed by atoms with van der Waals surface area (Å²) >= 11 is 6.01. The van der Waals surface area contributed by atoms with Crippen LogP contribution in [0, 0.1) is 0 Å². The van der Waals surface area contributed by atoms with Gasteiger partial charge in [-0.25, -0.2) is 0 Å². The number of ether oxygens (including phenoxy) is 2. The maximum absolute atomic E-state index is 6.22. The van der Waals surface area contributed by atoms with Crippen molar-refractivity contribution < 1.29 is 9.47 Å². The Hall–Kier alpha value is -3.83. The summed E-state index contributed by atoms with van der Waals surface area (Å²) in [5.74, 6) is 3.27. The van der Waals surface area contributed by atoms with Crippen LogP contribution in [0.5, 0.6) is 23.0 Å². The smallest absolute Gasteiger partial charge is 0.150 e. The molecule has 2 N–H and O–H groups in total. The third-order valence-corrected chi connectivity index (χ3v) is 6.22. The van der Waals surface area contributed by atoms with Crippen LogP contribution in [0.15, 0.2) is 97.1 Å². The molecule has 156 valence electrons. The van der Waals surface area contributed by atoms with E-state index in [-0.39, 0.29) is 12.1 Å². The van der Waals surface area contributed by atoms with Crippen LogP contribution < -0.4 is 20.1 Å². The number of thiocarbonyl (C=S) groups is 1. The van der Waals surface area contributed by atoms with Crippen LogP contribution >= 0.6 is 12.2 Å². The largest absolute Gasteiger partial charge is 0.457 e. The lowest BCUT2D eigenvalue weighted by atomic mass is 9.94. The Labute approximate surface area is 191 Å². The zero-order chi connectivity index (χ0) is 21.5. The lowest BCUT2D eigenvalue weighted by Gasteiger charge is -2.31. The summed E-state index contributed by atoms with van der Waals surface area (Å²) in [5, 5.41) is 7.23. The number of fused-ring (bicyclic) bond motifs is 4. The fraction of sp³-hybridized carbons (Fsp3) is 0.0741. The minimum Gasteiger partial charge on any atom is -0.457 e. The molecular formula is C27H20N2O2S. The van der Waals surface area contributed by atoms with E-state index in [0.717, 1.165) is 45.4 Å². The molecule has 0 amide bonds. The lowest BCUT2D eigenvalue weighted by molar-refractivity contribution is 0.441. The van der Waals surface area contributed by atoms with Gasteiger partial charge in [0.25, 0.3) is 0 Å². The summed E-state index contributed by atoms with van der Waals surface area (Å²) in [6.07, 6.45) is 0. The number of anilines is 1. The first kappa shape index (κ1) is 18.9. The fourth-order valence-electron chi connectivity index (χ4n) is 4.34. The number of nitrogens with one attached hydrogen (secondary N) is 2. The van der Waals surface area contributed by atoms with Gasteiger partial charge in [0.2, 0.25) is 0 Å². The fourth-order valence-corrected chi connectivity index (χ4v) is 4.64. The molecular weight excluding hydrogens is 416 g/mol. The second-order valence-electron chi connectivity index (χ2n) is 7.83. The molecule has 2 heterocycles. The highest BCUT2D eigenvalue weighted by atomic mass is 32.1. The summed E-state index contributed by atoms with van der Waals surface area (Å²) in [5.41, 5.74) is 4.03. The number of hydrogen-bond acceptors (Lipinski definition) is 4. The molecule has 4 aromatic carbocycles. The second kappa shape index (κ2) is 7.70. The van der Waals surface area contributed by atoms with Gasteiger partial charge >= 0.3 is 0 Å². The first-order chi connectivity index (χ1) is 15.8. The zero-order valence-corrected chi connectivity index (χ0v) is 17.9. The first-order valence-corrected chi connectivity index (χ1v) is 11.0. The van der Waals surface area contributed by atoms with Crippen molar-refractivity contribution in [2.75, 3.05) is 5.32 Å². The predicted molar refractivity (Wildman–Crippen MR) is 130 cm³/mol. The van der Waals surface area contributed by atoms with Crippen molar-refractivity contribution in [2.45, 2.75) is 12.1 Å². The molecule has 2 aliphatic rings. The average Bonchev–Trinajstić information content (AvgIpc) is 3.00. The normalized spacial score (nSPS) is 15.9. The molecule has 4 aromatic rings. The van der Waals surface area contributed by atoms with Crippen LogP contribution in [0.2, 0.25) is 0 Å². The Bertz CT molecular complexity index is 1290. The van der Waals surface area contributed by atoms with Gasteiger partial charge in [0.1, 0.15) is 28.3 Å². The van der Waals surface area contributed by atoms with Crippen molar-refractivity contribution >= 4 is 22.9 Å². The SMILES string of the molecule is S=C(NC1c2ccccc2Oc2ccccc21)C1Nc2ccccc2Oc2ccccc21. The highest BCUT2D eigenvalue weighted by molar-refractivity contribution is 7.80. The molecule has 0 saturated heterocycles. The molecule has 1 unspecified atom stereocenters. The number of rotatable bonds is 2. The van der Waals surface area contributed by atoms with E-state index >= 15 is 0 Å². The van der Waals surface area contributed by atoms with Crippen molar-refractivity contribution in [3.05, 3.63) is 114 Å². The van der Waals surface area contributed by atoms with Gasteiger partial charge in [-0.3, -0.25) is 0 Å². The van der Waals surface area contributed by atoms with E-state index in [1.54, 1.807) is 0 Å². The van der Waals surface area contributed by atoms with Gasteiger partial charge in [0.15, 0.2) is 5.75 Å². The van der Waals surface area contributed by atoms with Gasteiger partial charge in [-0.05, 0) is 30.3 Å². The molecule has 5 heteroatoms. The molecule has 0 aromatic heterocycles. The van der Waals surface area contributed by atoms with E-state index < -0.39 is 0 Å². The Morgan fingerprint density at radius 1 is 0.625 bits per heavy atom. The Morgan fingerprint density at radius 2 is 1.09 bits per heavy atom. The molecule has 0 aliphatic carbocycles. The van der Waals surface area contributed by atoms with Gasteiger partial charge in [-0.15, -0.1) is 0 Å². The predicted octanol–water partition coefficient (Wildman–Crippen LogP) is 6.76. The minimum atomic E-state index is -0.244. The average molecular weight is 437 g/mol. The van der Waals surface area contributed by atoms with Crippen LogP contribution in [0.3, 0.4) is 0 Å². The summed E-state index contributed by atoms with van der Waals surface area (Å²) in [7, 11) is 0. The molecule has 32 heavy (non-hydrogen) atoms. The molecule has 0 radical (unpaired) electrons. The van der Waals surface area contributed by atoms with Crippen LogP contribution in [-0.4, -0.2) is 4.99 Å². The summed E-state index contributed by atoms with van der Waals surface area (Å²) in [6.45, 7) is 0. The number of para-hydroxylation sites is 5. The van der Waals surface area contributed by atoms with Crippen molar-refractivity contribution in [3.63, 3.8) is 0 Å². The Morgan fingerprint density at radius 3 is 1.75 bits per heavy atom. The molecule has 4 nitrogen and oxygen atoms in total. The molecule has 2 aliphatic heterocycles.